The maximum Gasteiger partial charge on any atom is 0.416 e. The van der Waals surface area contributed by atoms with Gasteiger partial charge in [-0.05, 0) is 24.6 Å². The molecular formula is C13H15F3N2O. The second-order valence-corrected chi connectivity index (χ2v) is 4.61. The number of alkyl halides is 3. The topological polar surface area (TPSA) is 46.3 Å². The molecule has 0 aromatic heterocycles. The van der Waals surface area contributed by atoms with Crippen LogP contribution >= 0.6 is 0 Å². The molecule has 2 atom stereocenters. The molecule has 0 saturated carbocycles. The fourth-order valence-corrected chi connectivity index (χ4v) is 2.49. The molecule has 1 saturated heterocycles. The van der Waals surface area contributed by atoms with Crippen molar-refractivity contribution >= 4 is 5.91 Å². The van der Waals surface area contributed by atoms with E-state index in [1.165, 1.54) is 12.1 Å². The van der Waals surface area contributed by atoms with E-state index in [-0.39, 0.29) is 24.4 Å². The van der Waals surface area contributed by atoms with Gasteiger partial charge in [0.25, 0.3) is 0 Å². The number of benzene rings is 1. The Kier molecular flexibility index (Phi) is 3.54. The van der Waals surface area contributed by atoms with Gasteiger partial charge in [0.2, 0.25) is 5.91 Å². The molecule has 0 spiro atoms. The molecule has 0 radical (unpaired) electrons. The molecule has 2 unspecified atom stereocenters. The predicted octanol–water partition coefficient (Wildman–Crippen LogP) is 2.33. The number of rotatable bonds is 2. The van der Waals surface area contributed by atoms with Gasteiger partial charge in [-0.2, -0.15) is 13.2 Å². The number of carbonyl (C=O) groups excluding carboxylic acids is 1. The zero-order chi connectivity index (χ0) is 14.2. The number of carbonyl (C=O) groups is 1. The van der Waals surface area contributed by atoms with Crippen molar-refractivity contribution in [2.45, 2.75) is 31.6 Å². The van der Waals surface area contributed by atoms with Crippen LogP contribution in [-0.4, -0.2) is 23.4 Å². The highest BCUT2D eigenvalue weighted by Gasteiger charge is 2.38. The van der Waals surface area contributed by atoms with Crippen molar-refractivity contribution in [3.05, 3.63) is 35.4 Å². The number of nitrogens with zero attached hydrogens (tertiary/aromatic N) is 1. The second-order valence-electron chi connectivity index (χ2n) is 4.61. The minimum atomic E-state index is -4.35. The maximum absolute atomic E-state index is 12.5. The Bertz CT molecular complexity index is 470. The first-order valence-corrected chi connectivity index (χ1v) is 6.06. The van der Waals surface area contributed by atoms with Gasteiger partial charge in [-0.1, -0.05) is 12.1 Å². The summed E-state index contributed by atoms with van der Waals surface area (Å²) in [4.78, 5) is 13.3. The molecule has 19 heavy (non-hydrogen) atoms. The summed E-state index contributed by atoms with van der Waals surface area (Å²) in [5.41, 5.74) is 5.86. The van der Waals surface area contributed by atoms with Crippen molar-refractivity contribution in [2.75, 3.05) is 6.54 Å². The summed E-state index contributed by atoms with van der Waals surface area (Å²) in [6.45, 7) is 2.32. The third kappa shape index (κ3) is 2.58. The molecule has 6 heteroatoms. The smallest absolute Gasteiger partial charge is 0.334 e. The molecule has 0 aliphatic carbocycles. The lowest BCUT2D eigenvalue weighted by molar-refractivity contribution is -0.137. The van der Waals surface area contributed by atoms with E-state index in [0.29, 0.717) is 12.1 Å². The third-order valence-corrected chi connectivity index (χ3v) is 3.39. The van der Waals surface area contributed by atoms with Crippen LogP contribution in [0, 0.1) is 0 Å². The SMILES string of the molecule is CCN1C(=O)CC(N)C1c1ccc(C(F)(F)F)cc1. The number of hydrogen-bond acceptors (Lipinski definition) is 2. The standard InChI is InChI=1S/C13H15F3N2O/c1-2-18-11(19)7-10(17)12(18)8-3-5-9(6-4-8)13(14,15)16/h3-6,10,12H,2,7,17H2,1H3. The number of nitrogens with two attached hydrogens (primary N) is 1. The lowest BCUT2D eigenvalue weighted by Gasteiger charge is -2.26. The summed E-state index contributed by atoms with van der Waals surface area (Å²) < 4.78 is 37.5. The van der Waals surface area contributed by atoms with Crippen molar-refractivity contribution in [1.82, 2.24) is 4.90 Å². The average molecular weight is 272 g/mol. The fraction of sp³-hybridized carbons (Fsp3) is 0.462. The molecule has 0 bridgehead atoms. The van der Waals surface area contributed by atoms with Crippen LogP contribution < -0.4 is 5.73 Å². The monoisotopic (exact) mass is 272 g/mol. The Hall–Kier alpha value is -1.56. The molecule has 1 aromatic carbocycles. The highest BCUT2D eigenvalue weighted by atomic mass is 19.4. The van der Waals surface area contributed by atoms with Crippen molar-refractivity contribution in [3.63, 3.8) is 0 Å². The maximum atomic E-state index is 12.5. The number of halogens is 3. The zero-order valence-electron chi connectivity index (χ0n) is 10.4. The summed E-state index contributed by atoms with van der Waals surface area (Å²) in [6, 6.07) is 4.14. The van der Waals surface area contributed by atoms with E-state index in [0.717, 1.165) is 12.1 Å². The van der Waals surface area contributed by atoms with E-state index >= 15 is 0 Å². The van der Waals surface area contributed by atoms with Crippen LogP contribution in [0.5, 0.6) is 0 Å². The second kappa shape index (κ2) is 4.85. The molecule has 2 N–H and O–H groups in total. The largest absolute Gasteiger partial charge is 0.416 e. The normalized spacial score (nSPS) is 24.1. The van der Waals surface area contributed by atoms with E-state index in [1.54, 1.807) is 4.90 Å². The Balaban J connectivity index is 2.29. The fourth-order valence-electron chi connectivity index (χ4n) is 2.49. The first-order chi connectivity index (χ1) is 8.84. The van der Waals surface area contributed by atoms with Gasteiger partial charge < -0.3 is 10.6 Å². The van der Waals surface area contributed by atoms with Gasteiger partial charge in [0.15, 0.2) is 0 Å². The predicted molar refractivity (Wildman–Crippen MR) is 64.2 cm³/mol. The Morgan fingerprint density at radius 3 is 2.37 bits per heavy atom. The van der Waals surface area contributed by atoms with Gasteiger partial charge >= 0.3 is 6.18 Å². The number of likely N-dealkylation sites (N-methyl/N-ethyl adjacent to an activating group) is 1. The summed E-state index contributed by atoms with van der Waals surface area (Å²) in [7, 11) is 0. The van der Waals surface area contributed by atoms with Crippen LogP contribution in [0.3, 0.4) is 0 Å². The minimum Gasteiger partial charge on any atom is -0.334 e. The van der Waals surface area contributed by atoms with Crippen molar-refractivity contribution < 1.29 is 18.0 Å². The summed E-state index contributed by atoms with van der Waals surface area (Å²) in [5.74, 6) is -0.0557. The van der Waals surface area contributed by atoms with E-state index in [1.807, 2.05) is 6.92 Å². The molecular weight excluding hydrogens is 257 g/mol. The molecule has 1 amide bonds. The quantitative estimate of drug-likeness (QED) is 0.898. The van der Waals surface area contributed by atoms with Crippen LogP contribution in [0.2, 0.25) is 0 Å². The van der Waals surface area contributed by atoms with E-state index < -0.39 is 11.7 Å². The molecule has 1 aromatic rings. The van der Waals surface area contributed by atoms with E-state index in [9.17, 15) is 18.0 Å². The highest BCUT2D eigenvalue weighted by Crippen LogP contribution is 2.34. The van der Waals surface area contributed by atoms with Gasteiger partial charge in [0.05, 0.1) is 11.6 Å². The minimum absolute atomic E-state index is 0.0557. The molecule has 1 heterocycles. The van der Waals surface area contributed by atoms with Crippen LogP contribution in [-0.2, 0) is 11.0 Å². The molecule has 1 aliphatic rings. The van der Waals surface area contributed by atoms with Gasteiger partial charge in [-0.25, -0.2) is 0 Å². The average Bonchev–Trinajstić information content (AvgIpc) is 2.62. The third-order valence-electron chi connectivity index (χ3n) is 3.39. The molecule has 104 valence electrons. The van der Waals surface area contributed by atoms with Crippen LogP contribution in [0.1, 0.15) is 30.5 Å². The van der Waals surface area contributed by atoms with Crippen molar-refractivity contribution in [2.24, 2.45) is 5.73 Å². The van der Waals surface area contributed by atoms with Crippen LogP contribution in [0.15, 0.2) is 24.3 Å². The first-order valence-electron chi connectivity index (χ1n) is 6.06. The summed E-state index contributed by atoms with van der Waals surface area (Å²) in [6.07, 6.45) is -4.11. The molecule has 1 fully saturated rings. The van der Waals surface area contributed by atoms with Crippen LogP contribution in [0.4, 0.5) is 13.2 Å². The lowest BCUT2D eigenvalue weighted by Crippen LogP contribution is -2.32. The number of likely N-dealkylation sites (tertiary alicyclic amines) is 1. The summed E-state index contributed by atoms with van der Waals surface area (Å²) >= 11 is 0. The lowest BCUT2D eigenvalue weighted by atomic mass is 9.99. The molecule has 2 rings (SSSR count). The van der Waals surface area contributed by atoms with Gasteiger partial charge in [0, 0.05) is 19.0 Å². The Morgan fingerprint density at radius 1 is 1.32 bits per heavy atom. The van der Waals surface area contributed by atoms with Gasteiger partial charge in [-0.3, -0.25) is 4.79 Å². The Labute approximate surface area is 109 Å². The molecule has 1 aliphatic heterocycles. The van der Waals surface area contributed by atoms with E-state index in [4.69, 9.17) is 5.73 Å². The van der Waals surface area contributed by atoms with E-state index in [2.05, 4.69) is 0 Å². The first kappa shape index (κ1) is 13.9. The van der Waals surface area contributed by atoms with Crippen molar-refractivity contribution in [3.8, 4) is 0 Å². The van der Waals surface area contributed by atoms with Gasteiger partial charge in [0.1, 0.15) is 0 Å². The van der Waals surface area contributed by atoms with Crippen LogP contribution in [0.25, 0.3) is 0 Å². The van der Waals surface area contributed by atoms with Crippen molar-refractivity contribution in [1.29, 1.82) is 0 Å². The summed E-state index contributed by atoms with van der Waals surface area (Å²) in [5, 5.41) is 0. The zero-order valence-corrected chi connectivity index (χ0v) is 10.4. The number of hydrogen-bond donors (Lipinski definition) is 1. The highest BCUT2D eigenvalue weighted by molar-refractivity contribution is 5.80. The molecule has 3 nitrogen and oxygen atoms in total. The number of amides is 1. The van der Waals surface area contributed by atoms with Gasteiger partial charge in [-0.15, -0.1) is 0 Å². The Morgan fingerprint density at radius 2 is 1.89 bits per heavy atom.